The van der Waals surface area contributed by atoms with E-state index >= 15 is 0 Å². The maximum atomic E-state index is 12.5. The molecule has 1 aromatic rings. The number of rotatable bonds is 6. The number of aliphatic carboxylic acids is 1. The van der Waals surface area contributed by atoms with E-state index in [-0.39, 0.29) is 25.0 Å². The largest absolute Gasteiger partial charge is 0.481 e. The molecule has 21 heavy (non-hydrogen) atoms. The first-order chi connectivity index (χ1) is 10.1. The lowest BCUT2D eigenvalue weighted by atomic mass is 10.1. The Morgan fingerprint density at radius 3 is 2.62 bits per heavy atom. The molecule has 5 heteroatoms. The van der Waals surface area contributed by atoms with Gasteiger partial charge in [-0.15, -0.1) is 0 Å². The van der Waals surface area contributed by atoms with Crippen LogP contribution in [0.5, 0.6) is 0 Å². The summed E-state index contributed by atoms with van der Waals surface area (Å²) in [4.78, 5) is 24.9. The second-order valence-corrected chi connectivity index (χ2v) is 5.40. The van der Waals surface area contributed by atoms with Crippen LogP contribution in [0.3, 0.4) is 0 Å². The number of carbonyl (C=O) groups excluding carboxylic acids is 1. The van der Waals surface area contributed by atoms with Gasteiger partial charge in [0.2, 0.25) is 0 Å². The third-order valence-electron chi connectivity index (χ3n) is 3.63. The van der Waals surface area contributed by atoms with Crippen molar-refractivity contribution in [3.8, 4) is 0 Å². The van der Waals surface area contributed by atoms with E-state index < -0.39 is 5.97 Å². The minimum atomic E-state index is -0.899. The van der Waals surface area contributed by atoms with E-state index in [0.29, 0.717) is 12.1 Å². The van der Waals surface area contributed by atoms with E-state index in [1.807, 2.05) is 19.1 Å². The molecule has 0 bridgehead atoms. The molecular formula is C16H21NO4. The van der Waals surface area contributed by atoms with Gasteiger partial charge in [-0.25, -0.2) is 0 Å². The summed E-state index contributed by atoms with van der Waals surface area (Å²) in [5.41, 5.74) is 1.67. The number of amides is 1. The number of carboxylic acid groups (broad SMARTS) is 1. The number of aryl methyl sites for hydroxylation is 1. The molecule has 1 heterocycles. The average molecular weight is 291 g/mol. The van der Waals surface area contributed by atoms with Crippen molar-refractivity contribution >= 4 is 11.9 Å². The minimum Gasteiger partial charge on any atom is -0.481 e. The summed E-state index contributed by atoms with van der Waals surface area (Å²) < 4.78 is 5.55. The number of carboxylic acids is 1. The molecule has 1 fully saturated rings. The number of carbonyl (C=O) groups is 2. The van der Waals surface area contributed by atoms with Gasteiger partial charge in [0, 0.05) is 25.3 Å². The van der Waals surface area contributed by atoms with Crippen molar-refractivity contribution in [1.82, 2.24) is 4.90 Å². The molecule has 0 unspecified atom stereocenters. The van der Waals surface area contributed by atoms with E-state index in [4.69, 9.17) is 9.84 Å². The van der Waals surface area contributed by atoms with Crippen LogP contribution in [0.25, 0.3) is 0 Å². The zero-order chi connectivity index (χ0) is 15.2. The second kappa shape index (κ2) is 7.22. The number of nitrogens with zero attached hydrogens (tertiary/aromatic N) is 1. The van der Waals surface area contributed by atoms with Crippen LogP contribution in [0.2, 0.25) is 0 Å². The summed E-state index contributed by atoms with van der Waals surface area (Å²) in [6, 6.07) is 7.32. The molecule has 114 valence electrons. The minimum absolute atomic E-state index is 0.0215. The number of ether oxygens (including phenoxy) is 1. The Morgan fingerprint density at radius 1 is 1.33 bits per heavy atom. The van der Waals surface area contributed by atoms with E-state index in [2.05, 4.69) is 0 Å². The zero-order valence-corrected chi connectivity index (χ0v) is 12.2. The van der Waals surface area contributed by atoms with Crippen molar-refractivity contribution < 1.29 is 19.4 Å². The Labute approximate surface area is 124 Å². The van der Waals surface area contributed by atoms with Gasteiger partial charge in [-0.3, -0.25) is 9.59 Å². The van der Waals surface area contributed by atoms with Gasteiger partial charge in [0.05, 0.1) is 12.5 Å². The predicted molar refractivity (Wildman–Crippen MR) is 78.3 cm³/mol. The molecule has 1 amide bonds. The molecule has 1 atom stereocenters. The summed E-state index contributed by atoms with van der Waals surface area (Å²) >= 11 is 0. The van der Waals surface area contributed by atoms with Crippen molar-refractivity contribution in [2.75, 3.05) is 19.7 Å². The highest BCUT2D eigenvalue weighted by Crippen LogP contribution is 2.16. The van der Waals surface area contributed by atoms with Crippen molar-refractivity contribution in [1.29, 1.82) is 0 Å². The summed E-state index contributed by atoms with van der Waals surface area (Å²) in [5, 5.41) is 8.84. The fourth-order valence-electron chi connectivity index (χ4n) is 2.42. The maximum Gasteiger partial charge on any atom is 0.305 e. The molecule has 1 N–H and O–H groups in total. The SMILES string of the molecule is Cc1ccc(C(=O)N(CCC(=O)O)C[C@@H]2CCCO2)cc1. The normalized spacial score (nSPS) is 17.7. The second-order valence-electron chi connectivity index (χ2n) is 5.40. The summed E-state index contributed by atoms with van der Waals surface area (Å²) in [6.45, 7) is 3.35. The Kier molecular flexibility index (Phi) is 5.33. The molecule has 1 aromatic carbocycles. The first kappa shape index (κ1) is 15.5. The molecule has 0 aliphatic carbocycles. The van der Waals surface area contributed by atoms with Crippen LogP contribution < -0.4 is 0 Å². The lowest BCUT2D eigenvalue weighted by Crippen LogP contribution is -2.38. The van der Waals surface area contributed by atoms with Gasteiger partial charge in [-0.05, 0) is 31.9 Å². The lowest BCUT2D eigenvalue weighted by Gasteiger charge is -2.25. The van der Waals surface area contributed by atoms with Gasteiger partial charge < -0.3 is 14.7 Å². The number of hydrogen-bond acceptors (Lipinski definition) is 3. The summed E-state index contributed by atoms with van der Waals surface area (Å²) in [6.07, 6.45) is 1.89. The molecule has 1 aliphatic rings. The molecule has 2 rings (SSSR count). The fourth-order valence-corrected chi connectivity index (χ4v) is 2.42. The molecule has 1 saturated heterocycles. The zero-order valence-electron chi connectivity index (χ0n) is 12.2. The highest BCUT2D eigenvalue weighted by Gasteiger charge is 2.23. The van der Waals surface area contributed by atoms with Gasteiger partial charge in [0.25, 0.3) is 5.91 Å². The molecule has 0 spiro atoms. The number of hydrogen-bond donors (Lipinski definition) is 1. The highest BCUT2D eigenvalue weighted by atomic mass is 16.5. The smallest absolute Gasteiger partial charge is 0.305 e. The third kappa shape index (κ3) is 4.56. The Hall–Kier alpha value is -1.88. The molecule has 0 saturated carbocycles. The van der Waals surface area contributed by atoms with Crippen molar-refractivity contribution in [2.45, 2.75) is 32.3 Å². The first-order valence-corrected chi connectivity index (χ1v) is 7.25. The maximum absolute atomic E-state index is 12.5. The monoisotopic (exact) mass is 291 g/mol. The Bertz CT molecular complexity index is 492. The van der Waals surface area contributed by atoms with E-state index in [0.717, 1.165) is 25.0 Å². The standard InChI is InChI=1S/C16H21NO4/c1-12-4-6-13(7-5-12)16(20)17(9-8-15(18)19)11-14-3-2-10-21-14/h4-7,14H,2-3,8-11H2,1H3,(H,18,19)/t14-/m0/s1. The first-order valence-electron chi connectivity index (χ1n) is 7.25. The van der Waals surface area contributed by atoms with Crippen LogP contribution in [0, 0.1) is 6.92 Å². The topological polar surface area (TPSA) is 66.8 Å². The molecule has 5 nitrogen and oxygen atoms in total. The van der Waals surface area contributed by atoms with Gasteiger partial charge in [0.1, 0.15) is 0 Å². The van der Waals surface area contributed by atoms with Crippen molar-refractivity contribution in [3.63, 3.8) is 0 Å². The molecule has 1 aliphatic heterocycles. The fraction of sp³-hybridized carbons (Fsp3) is 0.500. The molecular weight excluding hydrogens is 270 g/mol. The van der Waals surface area contributed by atoms with Crippen LogP contribution in [-0.2, 0) is 9.53 Å². The van der Waals surface area contributed by atoms with E-state index in [1.165, 1.54) is 0 Å². The van der Waals surface area contributed by atoms with E-state index in [9.17, 15) is 9.59 Å². The summed E-state index contributed by atoms with van der Waals surface area (Å²) in [7, 11) is 0. The van der Waals surface area contributed by atoms with Crippen molar-refractivity contribution in [3.05, 3.63) is 35.4 Å². The van der Waals surface area contributed by atoms with Gasteiger partial charge in [0.15, 0.2) is 0 Å². The lowest BCUT2D eigenvalue weighted by molar-refractivity contribution is -0.137. The van der Waals surface area contributed by atoms with Crippen LogP contribution >= 0.6 is 0 Å². The van der Waals surface area contributed by atoms with Crippen LogP contribution in [0.1, 0.15) is 35.2 Å². The van der Waals surface area contributed by atoms with Gasteiger partial charge >= 0.3 is 5.97 Å². The van der Waals surface area contributed by atoms with Crippen LogP contribution in [-0.4, -0.2) is 47.7 Å². The van der Waals surface area contributed by atoms with Gasteiger partial charge in [-0.1, -0.05) is 17.7 Å². The Balaban J connectivity index is 2.06. The predicted octanol–water partition coefficient (Wildman–Crippen LogP) is 2.09. The van der Waals surface area contributed by atoms with E-state index in [1.54, 1.807) is 17.0 Å². The van der Waals surface area contributed by atoms with Crippen LogP contribution in [0.15, 0.2) is 24.3 Å². The van der Waals surface area contributed by atoms with Crippen LogP contribution in [0.4, 0.5) is 0 Å². The van der Waals surface area contributed by atoms with Crippen molar-refractivity contribution in [2.24, 2.45) is 0 Å². The van der Waals surface area contributed by atoms with Gasteiger partial charge in [-0.2, -0.15) is 0 Å². The Morgan fingerprint density at radius 2 is 2.05 bits per heavy atom. The number of benzene rings is 1. The quantitative estimate of drug-likeness (QED) is 0.871. The summed E-state index contributed by atoms with van der Waals surface area (Å²) in [5.74, 6) is -1.03. The third-order valence-corrected chi connectivity index (χ3v) is 3.63. The average Bonchev–Trinajstić information content (AvgIpc) is 2.96. The highest BCUT2D eigenvalue weighted by molar-refractivity contribution is 5.94. The molecule has 0 radical (unpaired) electrons. The molecule has 0 aromatic heterocycles.